The molecular weight excluding hydrogens is 540 g/mol. The van der Waals surface area contributed by atoms with Crippen LogP contribution < -0.4 is 24.7 Å². The van der Waals surface area contributed by atoms with Gasteiger partial charge in [-0.1, -0.05) is 54.1 Å². The number of allylic oxidation sites excluding steroid dienone is 1. The molecule has 0 saturated carbocycles. The number of ether oxygens (including phenoxy) is 4. The van der Waals surface area contributed by atoms with E-state index in [1.807, 2.05) is 60.7 Å². The molecule has 4 aromatic carbocycles. The molecule has 0 aromatic heterocycles. The normalized spacial score (nSPS) is 14.1. The largest absolute Gasteiger partial charge is 0.497 e. The summed E-state index contributed by atoms with van der Waals surface area (Å²) in [6.07, 6.45) is 2.99. The van der Waals surface area contributed by atoms with E-state index in [1.54, 1.807) is 43.5 Å². The molecule has 0 radical (unpaired) electrons. The van der Waals surface area contributed by atoms with Crippen LogP contribution in [0.2, 0.25) is 5.02 Å². The van der Waals surface area contributed by atoms with Crippen molar-refractivity contribution in [3.63, 3.8) is 0 Å². The van der Waals surface area contributed by atoms with Gasteiger partial charge in [-0.3, -0.25) is 0 Å². The van der Waals surface area contributed by atoms with Crippen LogP contribution in [0, 0.1) is 11.3 Å². The Morgan fingerprint density at radius 2 is 1.66 bits per heavy atom. The van der Waals surface area contributed by atoms with Gasteiger partial charge in [0.05, 0.1) is 13.0 Å². The van der Waals surface area contributed by atoms with Crippen LogP contribution in [0.4, 0.5) is 0 Å². The highest BCUT2D eigenvalue weighted by Gasteiger charge is 2.31. The van der Waals surface area contributed by atoms with Crippen molar-refractivity contribution in [2.45, 2.75) is 12.5 Å². The molecule has 2 N–H and O–H groups in total. The molecule has 1 aliphatic heterocycles. The van der Waals surface area contributed by atoms with Crippen LogP contribution >= 0.6 is 11.6 Å². The Bertz CT molecular complexity index is 1650. The summed E-state index contributed by atoms with van der Waals surface area (Å²) >= 11 is 5.95. The second-order valence-electron chi connectivity index (χ2n) is 9.14. The minimum Gasteiger partial charge on any atom is -0.497 e. The van der Waals surface area contributed by atoms with E-state index in [9.17, 15) is 10.1 Å². The van der Waals surface area contributed by atoms with E-state index in [-0.39, 0.29) is 11.6 Å². The molecular formula is C33H25ClN2O5. The van der Waals surface area contributed by atoms with Crippen molar-refractivity contribution in [2.24, 2.45) is 5.73 Å². The fourth-order valence-electron chi connectivity index (χ4n) is 4.38. The molecule has 1 atom stereocenters. The summed E-state index contributed by atoms with van der Waals surface area (Å²) < 4.78 is 22.3. The van der Waals surface area contributed by atoms with Gasteiger partial charge in [0.1, 0.15) is 41.2 Å². The first-order valence-electron chi connectivity index (χ1n) is 12.7. The van der Waals surface area contributed by atoms with Crippen LogP contribution in [-0.4, -0.2) is 13.1 Å². The van der Waals surface area contributed by atoms with Crippen molar-refractivity contribution in [2.75, 3.05) is 7.11 Å². The third kappa shape index (κ3) is 6.52. The molecule has 4 aromatic rings. The van der Waals surface area contributed by atoms with Crippen molar-refractivity contribution < 1.29 is 23.7 Å². The van der Waals surface area contributed by atoms with E-state index >= 15 is 0 Å². The standard InChI is InChI=1S/C33H25ClN2O5/c1-38-25-11-4-21(5-12-25)6-17-31(37)40-27-15-16-28-30(18-27)41-33(36)29(19-35)32(28)23-7-13-26(14-8-23)39-20-22-2-9-24(34)10-3-22/h2-18,32H,20,36H2,1H3/b17-6+. The maximum atomic E-state index is 12.4. The predicted octanol–water partition coefficient (Wildman–Crippen LogP) is 6.76. The summed E-state index contributed by atoms with van der Waals surface area (Å²) in [5.74, 6) is 1.07. The number of nitriles is 1. The molecule has 7 nitrogen and oxygen atoms in total. The number of carbonyl (C=O) groups excluding carboxylic acids is 1. The number of hydrogen-bond acceptors (Lipinski definition) is 7. The molecule has 41 heavy (non-hydrogen) atoms. The first-order chi connectivity index (χ1) is 19.9. The number of fused-ring (bicyclic) bond motifs is 1. The first kappa shape index (κ1) is 27.4. The van der Waals surface area contributed by atoms with Gasteiger partial charge in [0.2, 0.25) is 5.88 Å². The van der Waals surface area contributed by atoms with Gasteiger partial charge in [0.25, 0.3) is 0 Å². The lowest BCUT2D eigenvalue weighted by Gasteiger charge is -2.26. The predicted molar refractivity (Wildman–Crippen MR) is 156 cm³/mol. The van der Waals surface area contributed by atoms with E-state index < -0.39 is 11.9 Å². The maximum absolute atomic E-state index is 12.4. The van der Waals surface area contributed by atoms with Gasteiger partial charge in [-0.15, -0.1) is 0 Å². The molecule has 0 bridgehead atoms. The number of rotatable bonds is 8. The highest BCUT2D eigenvalue weighted by atomic mass is 35.5. The minimum atomic E-state index is -0.552. The summed E-state index contributed by atoms with van der Waals surface area (Å²) in [5.41, 5.74) is 9.80. The molecule has 0 fully saturated rings. The lowest BCUT2D eigenvalue weighted by atomic mass is 9.83. The van der Waals surface area contributed by atoms with E-state index in [0.29, 0.717) is 28.7 Å². The molecule has 5 rings (SSSR count). The molecule has 0 saturated heterocycles. The fraction of sp³-hybridized carbons (Fsp3) is 0.0909. The monoisotopic (exact) mass is 564 g/mol. The van der Waals surface area contributed by atoms with Gasteiger partial charge < -0.3 is 24.7 Å². The van der Waals surface area contributed by atoms with E-state index in [2.05, 4.69) is 6.07 Å². The minimum absolute atomic E-state index is 0.00376. The van der Waals surface area contributed by atoms with E-state index in [4.69, 9.17) is 36.3 Å². The van der Waals surface area contributed by atoms with Crippen molar-refractivity contribution in [1.29, 1.82) is 5.26 Å². The highest BCUT2D eigenvalue weighted by molar-refractivity contribution is 6.30. The summed E-state index contributed by atoms with van der Waals surface area (Å²) in [7, 11) is 1.59. The number of methoxy groups -OCH3 is 1. The topological polar surface area (TPSA) is 104 Å². The van der Waals surface area contributed by atoms with Crippen LogP contribution in [0.3, 0.4) is 0 Å². The number of nitrogens with two attached hydrogens (primary N) is 1. The molecule has 204 valence electrons. The van der Waals surface area contributed by atoms with Gasteiger partial charge in [0, 0.05) is 22.7 Å². The van der Waals surface area contributed by atoms with Crippen molar-refractivity contribution in [3.05, 3.63) is 136 Å². The lowest BCUT2D eigenvalue weighted by molar-refractivity contribution is -0.128. The second-order valence-corrected chi connectivity index (χ2v) is 9.57. The highest BCUT2D eigenvalue weighted by Crippen LogP contribution is 2.43. The lowest BCUT2D eigenvalue weighted by Crippen LogP contribution is -2.21. The molecule has 0 amide bonds. The number of carbonyl (C=O) groups is 1. The third-order valence-corrected chi connectivity index (χ3v) is 6.72. The molecule has 1 aliphatic rings. The van der Waals surface area contributed by atoms with Crippen LogP contribution in [0.15, 0.2) is 109 Å². The number of halogens is 1. The quantitative estimate of drug-likeness (QED) is 0.143. The SMILES string of the molecule is COc1ccc(/C=C/C(=O)Oc2ccc3c(c2)OC(N)=C(C#N)C3c2ccc(OCc3ccc(Cl)cc3)cc2)cc1. The average Bonchev–Trinajstić information content (AvgIpc) is 2.99. The number of benzene rings is 4. The second kappa shape index (κ2) is 12.3. The Hall–Kier alpha value is -5.19. The van der Waals surface area contributed by atoms with Crippen molar-refractivity contribution in [3.8, 4) is 29.1 Å². The Labute approximate surface area is 242 Å². The van der Waals surface area contributed by atoms with Crippen LogP contribution in [0.1, 0.15) is 28.2 Å². The summed E-state index contributed by atoms with van der Waals surface area (Å²) in [4.78, 5) is 12.4. The zero-order chi connectivity index (χ0) is 28.8. The summed E-state index contributed by atoms with van der Waals surface area (Å²) in [5, 5.41) is 10.5. The smallest absolute Gasteiger partial charge is 0.336 e. The van der Waals surface area contributed by atoms with Crippen molar-refractivity contribution >= 4 is 23.6 Å². The molecule has 0 spiro atoms. The van der Waals surface area contributed by atoms with Crippen LogP contribution in [0.25, 0.3) is 6.08 Å². The Morgan fingerprint density at radius 1 is 0.976 bits per heavy atom. The number of hydrogen-bond donors (Lipinski definition) is 1. The Balaban J connectivity index is 1.31. The van der Waals surface area contributed by atoms with Gasteiger partial charge in [-0.2, -0.15) is 5.26 Å². The fourth-order valence-corrected chi connectivity index (χ4v) is 4.50. The summed E-state index contributed by atoms with van der Waals surface area (Å²) in [6, 6.07) is 29.4. The summed E-state index contributed by atoms with van der Waals surface area (Å²) in [6.45, 7) is 0.393. The van der Waals surface area contributed by atoms with E-state index in [0.717, 1.165) is 28.0 Å². The number of nitrogens with zero attached hydrogens (tertiary/aromatic N) is 1. The number of esters is 1. The Morgan fingerprint density at radius 3 is 2.34 bits per heavy atom. The zero-order valence-electron chi connectivity index (χ0n) is 22.0. The van der Waals surface area contributed by atoms with Gasteiger partial charge in [0.15, 0.2) is 0 Å². The van der Waals surface area contributed by atoms with Crippen molar-refractivity contribution in [1.82, 2.24) is 0 Å². The van der Waals surface area contributed by atoms with Gasteiger partial charge >= 0.3 is 5.97 Å². The Kier molecular flexibility index (Phi) is 8.23. The molecule has 0 aliphatic carbocycles. The average molecular weight is 565 g/mol. The maximum Gasteiger partial charge on any atom is 0.336 e. The molecule has 1 unspecified atom stereocenters. The van der Waals surface area contributed by atoms with Crippen LogP contribution in [0.5, 0.6) is 23.0 Å². The van der Waals surface area contributed by atoms with Gasteiger partial charge in [-0.05, 0) is 65.2 Å². The van der Waals surface area contributed by atoms with E-state index in [1.165, 1.54) is 6.08 Å². The molecule has 1 heterocycles. The van der Waals surface area contributed by atoms with Gasteiger partial charge in [-0.25, -0.2) is 4.79 Å². The first-order valence-corrected chi connectivity index (χ1v) is 13.0. The molecule has 8 heteroatoms. The third-order valence-electron chi connectivity index (χ3n) is 6.47. The zero-order valence-corrected chi connectivity index (χ0v) is 22.8. The van der Waals surface area contributed by atoms with Crippen LogP contribution in [-0.2, 0) is 11.4 Å².